The van der Waals surface area contributed by atoms with Crippen molar-refractivity contribution in [3.8, 4) is 5.75 Å². The molecule has 1 rings (SSSR count). The molecule has 0 heterocycles. The van der Waals surface area contributed by atoms with Gasteiger partial charge in [0.2, 0.25) is 0 Å². The quantitative estimate of drug-likeness (QED) is 0.583. The van der Waals surface area contributed by atoms with Crippen molar-refractivity contribution in [3.63, 3.8) is 0 Å². The zero-order valence-corrected chi connectivity index (χ0v) is 10.1. The molecule has 0 aromatic heterocycles. The van der Waals surface area contributed by atoms with E-state index in [-0.39, 0.29) is 0 Å². The molecule has 3 nitrogen and oxygen atoms in total. The zero-order valence-electron chi connectivity index (χ0n) is 10.1. The molecule has 0 bridgehead atoms. The minimum atomic E-state index is 0.492. The predicted molar refractivity (Wildman–Crippen MR) is 73.0 cm³/mol. The summed E-state index contributed by atoms with van der Waals surface area (Å²) in [5, 5.41) is 3.16. The SMILES string of the molecule is C=CCOc1ccc(C)c(NC(=C)/C=C\N)c1. The number of rotatable bonds is 6. The van der Waals surface area contributed by atoms with E-state index in [0.29, 0.717) is 6.61 Å². The summed E-state index contributed by atoms with van der Waals surface area (Å²) in [6.07, 6.45) is 4.86. The molecule has 0 atom stereocenters. The van der Waals surface area contributed by atoms with Gasteiger partial charge in [0.05, 0.1) is 0 Å². The Morgan fingerprint density at radius 2 is 2.29 bits per heavy atom. The maximum atomic E-state index is 5.46. The normalized spacial score (nSPS) is 10.2. The average molecular weight is 230 g/mol. The van der Waals surface area contributed by atoms with Crippen molar-refractivity contribution in [2.45, 2.75) is 6.92 Å². The third-order valence-electron chi connectivity index (χ3n) is 2.17. The van der Waals surface area contributed by atoms with E-state index in [1.165, 1.54) is 6.20 Å². The van der Waals surface area contributed by atoms with Crippen LogP contribution in [0.1, 0.15) is 5.56 Å². The van der Waals surface area contributed by atoms with E-state index >= 15 is 0 Å². The molecule has 17 heavy (non-hydrogen) atoms. The Hall–Kier alpha value is -2.16. The molecule has 0 spiro atoms. The largest absolute Gasteiger partial charge is 0.489 e. The fraction of sp³-hybridized carbons (Fsp3) is 0.143. The van der Waals surface area contributed by atoms with E-state index in [2.05, 4.69) is 18.5 Å². The van der Waals surface area contributed by atoms with Crippen LogP contribution in [0.5, 0.6) is 5.75 Å². The third-order valence-corrected chi connectivity index (χ3v) is 2.17. The fourth-order valence-electron chi connectivity index (χ4n) is 1.31. The Labute approximate surface area is 102 Å². The van der Waals surface area contributed by atoms with Gasteiger partial charge in [-0.25, -0.2) is 0 Å². The molecule has 0 radical (unpaired) electrons. The molecule has 0 fully saturated rings. The van der Waals surface area contributed by atoms with Gasteiger partial charge in [0.15, 0.2) is 0 Å². The first-order valence-corrected chi connectivity index (χ1v) is 5.36. The average Bonchev–Trinajstić information content (AvgIpc) is 2.30. The second-order valence-electron chi connectivity index (χ2n) is 3.59. The van der Waals surface area contributed by atoms with Gasteiger partial charge in [0.25, 0.3) is 0 Å². The lowest BCUT2D eigenvalue weighted by Crippen LogP contribution is -2.00. The summed E-state index contributed by atoms with van der Waals surface area (Å²) < 4.78 is 5.46. The molecule has 0 saturated heterocycles. The van der Waals surface area contributed by atoms with Crippen LogP contribution in [0, 0.1) is 6.92 Å². The molecule has 0 aliphatic carbocycles. The number of aryl methyl sites for hydroxylation is 1. The highest BCUT2D eigenvalue weighted by molar-refractivity contribution is 5.58. The Bertz CT molecular complexity index is 436. The first-order valence-electron chi connectivity index (χ1n) is 5.36. The minimum Gasteiger partial charge on any atom is -0.489 e. The number of nitrogens with two attached hydrogens (primary N) is 1. The molecule has 90 valence electrons. The summed E-state index contributed by atoms with van der Waals surface area (Å²) in [6, 6.07) is 5.83. The number of ether oxygens (including phenoxy) is 1. The van der Waals surface area contributed by atoms with Crippen LogP contribution >= 0.6 is 0 Å². The lowest BCUT2D eigenvalue weighted by molar-refractivity contribution is 0.363. The van der Waals surface area contributed by atoms with Gasteiger partial charge in [-0.15, -0.1) is 0 Å². The molecule has 3 N–H and O–H groups in total. The lowest BCUT2D eigenvalue weighted by Gasteiger charge is -2.11. The number of anilines is 1. The molecule has 3 heteroatoms. The lowest BCUT2D eigenvalue weighted by atomic mass is 10.2. The van der Waals surface area contributed by atoms with E-state index in [0.717, 1.165) is 22.7 Å². The van der Waals surface area contributed by atoms with Crippen molar-refractivity contribution in [1.82, 2.24) is 0 Å². The number of hydrogen-bond acceptors (Lipinski definition) is 3. The fourth-order valence-corrected chi connectivity index (χ4v) is 1.31. The smallest absolute Gasteiger partial charge is 0.121 e. The molecular weight excluding hydrogens is 212 g/mol. The second kappa shape index (κ2) is 6.43. The molecule has 0 aliphatic rings. The Balaban J connectivity index is 2.82. The maximum absolute atomic E-state index is 5.46. The third kappa shape index (κ3) is 4.07. The summed E-state index contributed by atoms with van der Waals surface area (Å²) in [5.74, 6) is 0.794. The van der Waals surface area contributed by atoms with Crippen molar-refractivity contribution in [1.29, 1.82) is 0 Å². The van der Waals surface area contributed by atoms with E-state index in [1.54, 1.807) is 12.2 Å². The van der Waals surface area contributed by atoms with Gasteiger partial charge in [-0.05, 0) is 30.8 Å². The first-order chi connectivity index (χ1) is 8.17. The second-order valence-corrected chi connectivity index (χ2v) is 3.59. The van der Waals surface area contributed by atoms with Crippen LogP contribution in [-0.4, -0.2) is 6.61 Å². The van der Waals surface area contributed by atoms with Crippen LogP contribution in [0.3, 0.4) is 0 Å². The highest BCUT2D eigenvalue weighted by Gasteiger charge is 2.01. The standard InChI is InChI=1S/C14H18N2O/c1-4-9-17-13-6-5-11(2)14(10-13)16-12(3)7-8-15/h4-8,10,16H,1,3,9,15H2,2H3/b8-7-. The van der Waals surface area contributed by atoms with Crippen LogP contribution in [0.2, 0.25) is 0 Å². The van der Waals surface area contributed by atoms with Crippen LogP contribution in [0.25, 0.3) is 0 Å². The highest BCUT2D eigenvalue weighted by atomic mass is 16.5. The van der Waals surface area contributed by atoms with Crippen molar-refractivity contribution in [2.24, 2.45) is 5.73 Å². The molecule has 0 unspecified atom stereocenters. The first kappa shape index (κ1) is 12.9. The zero-order chi connectivity index (χ0) is 12.7. The van der Waals surface area contributed by atoms with Gasteiger partial charge in [0.1, 0.15) is 12.4 Å². The maximum Gasteiger partial charge on any atom is 0.121 e. The summed E-state index contributed by atoms with van der Waals surface area (Å²) in [7, 11) is 0. The van der Waals surface area contributed by atoms with Crippen LogP contribution in [0.4, 0.5) is 5.69 Å². The summed E-state index contributed by atoms with van der Waals surface area (Å²) in [6.45, 7) is 9.95. The topological polar surface area (TPSA) is 47.3 Å². The molecule has 1 aromatic carbocycles. The van der Waals surface area contributed by atoms with Gasteiger partial charge in [-0.3, -0.25) is 0 Å². The number of allylic oxidation sites excluding steroid dienone is 1. The predicted octanol–water partition coefficient (Wildman–Crippen LogP) is 2.96. The summed E-state index contributed by atoms with van der Waals surface area (Å²) >= 11 is 0. The van der Waals surface area contributed by atoms with Crippen molar-refractivity contribution >= 4 is 5.69 Å². The summed E-state index contributed by atoms with van der Waals surface area (Å²) in [4.78, 5) is 0. The molecular formula is C14H18N2O. The van der Waals surface area contributed by atoms with Gasteiger partial charge in [-0.1, -0.05) is 25.3 Å². The van der Waals surface area contributed by atoms with Crippen molar-refractivity contribution in [3.05, 3.63) is 61.0 Å². The molecule has 0 saturated carbocycles. The summed E-state index contributed by atoms with van der Waals surface area (Å²) in [5.41, 5.74) is 8.10. The highest BCUT2D eigenvalue weighted by Crippen LogP contribution is 2.23. The molecule has 0 aliphatic heterocycles. The van der Waals surface area contributed by atoms with Gasteiger partial charge < -0.3 is 15.8 Å². The number of benzene rings is 1. The number of hydrogen-bond donors (Lipinski definition) is 2. The van der Waals surface area contributed by atoms with Crippen molar-refractivity contribution in [2.75, 3.05) is 11.9 Å². The Morgan fingerprint density at radius 1 is 1.53 bits per heavy atom. The van der Waals surface area contributed by atoms with E-state index < -0.39 is 0 Å². The van der Waals surface area contributed by atoms with Crippen LogP contribution in [0.15, 0.2) is 55.4 Å². The van der Waals surface area contributed by atoms with Crippen LogP contribution < -0.4 is 15.8 Å². The van der Waals surface area contributed by atoms with Crippen molar-refractivity contribution < 1.29 is 4.74 Å². The monoisotopic (exact) mass is 230 g/mol. The Morgan fingerprint density at radius 3 is 2.94 bits per heavy atom. The van der Waals surface area contributed by atoms with E-state index in [4.69, 9.17) is 10.5 Å². The van der Waals surface area contributed by atoms with Gasteiger partial charge >= 0.3 is 0 Å². The molecule has 0 amide bonds. The van der Waals surface area contributed by atoms with E-state index in [9.17, 15) is 0 Å². The minimum absolute atomic E-state index is 0.492. The van der Waals surface area contributed by atoms with Gasteiger partial charge in [0, 0.05) is 17.5 Å². The van der Waals surface area contributed by atoms with E-state index in [1.807, 2.05) is 25.1 Å². The number of nitrogens with one attached hydrogen (secondary N) is 1. The van der Waals surface area contributed by atoms with Crippen LogP contribution in [-0.2, 0) is 0 Å². The Kier molecular flexibility index (Phi) is 4.88. The molecule has 1 aromatic rings. The van der Waals surface area contributed by atoms with Gasteiger partial charge in [-0.2, -0.15) is 0 Å².